The number of aromatic nitrogens is 1. The average molecular weight is 355 g/mol. The van der Waals surface area contributed by atoms with E-state index in [-0.39, 0.29) is 17.8 Å². The van der Waals surface area contributed by atoms with Crippen LogP contribution in [0.5, 0.6) is 0 Å². The Kier molecular flexibility index (Phi) is 4.02. The number of carbonyl (C=O) groups excluding carboxylic acids is 3. The third-order valence-corrected chi connectivity index (χ3v) is 5.07. The first kappa shape index (κ1) is 16.4. The number of hydrogen-bond donors (Lipinski definition) is 2. The molecule has 0 aliphatic carbocycles. The fourth-order valence-electron chi connectivity index (χ4n) is 3.60. The Morgan fingerprint density at radius 3 is 2.54 bits per heavy atom. The van der Waals surface area contributed by atoms with Crippen LogP contribution in [-0.2, 0) is 9.59 Å². The average Bonchev–Trinajstić information content (AvgIpc) is 3.05. The molecule has 4 rings (SSSR count). The molecule has 0 bridgehead atoms. The van der Waals surface area contributed by atoms with Crippen LogP contribution in [0.25, 0.3) is 10.9 Å². The van der Waals surface area contributed by atoms with E-state index in [2.05, 4.69) is 15.2 Å². The first-order valence-corrected chi connectivity index (χ1v) is 8.76. The van der Waals surface area contributed by atoms with Gasteiger partial charge in [-0.15, -0.1) is 0 Å². The zero-order valence-electron chi connectivity index (χ0n) is 14.6. The highest BCUT2D eigenvalue weighted by atomic mass is 16.2. The van der Waals surface area contributed by atoms with E-state index >= 15 is 0 Å². The number of benzene rings is 1. The van der Waals surface area contributed by atoms with E-state index in [4.69, 9.17) is 0 Å². The topological polar surface area (TPSA) is 88.8 Å². The number of anilines is 2. The molecule has 1 aromatic heterocycles. The second-order valence-electron chi connectivity index (χ2n) is 6.65. The van der Waals surface area contributed by atoms with Gasteiger partial charge in [-0.1, -0.05) is 0 Å². The first-order chi connectivity index (χ1) is 12.5. The van der Waals surface area contributed by atoms with Crippen LogP contribution in [0.1, 0.15) is 13.3 Å². The maximum Gasteiger partial charge on any atom is 0.328 e. The maximum atomic E-state index is 12.1. The largest absolute Gasteiger partial charge is 0.366 e. The summed E-state index contributed by atoms with van der Waals surface area (Å²) in [6.07, 6.45) is 2.27. The first-order valence-electron chi connectivity index (χ1n) is 8.76. The van der Waals surface area contributed by atoms with Crippen molar-refractivity contribution < 1.29 is 14.4 Å². The van der Waals surface area contributed by atoms with E-state index in [0.717, 1.165) is 35.4 Å². The van der Waals surface area contributed by atoms with Crippen molar-refractivity contribution in [1.29, 1.82) is 0 Å². The van der Waals surface area contributed by atoms with Crippen molar-refractivity contribution in [2.45, 2.75) is 13.3 Å². The molecule has 26 heavy (non-hydrogen) atoms. The number of H-pyrrole nitrogens is 1. The number of imide groups is 1. The minimum absolute atomic E-state index is 0.108. The van der Waals surface area contributed by atoms with Crippen LogP contribution in [0.3, 0.4) is 0 Å². The van der Waals surface area contributed by atoms with Gasteiger partial charge < -0.3 is 14.8 Å². The molecule has 0 radical (unpaired) electrons. The SMILES string of the molecule is CC(=O)N1CCN(c2c[nH]c3ccc(N4CCC(=O)NC4=O)cc23)CC1. The van der Waals surface area contributed by atoms with Crippen molar-refractivity contribution in [2.75, 3.05) is 42.5 Å². The summed E-state index contributed by atoms with van der Waals surface area (Å²) >= 11 is 0. The van der Waals surface area contributed by atoms with Gasteiger partial charge in [0.05, 0.1) is 5.69 Å². The molecule has 8 nitrogen and oxygen atoms in total. The summed E-state index contributed by atoms with van der Waals surface area (Å²) in [6.45, 7) is 4.94. The molecule has 2 fully saturated rings. The molecule has 0 spiro atoms. The lowest BCUT2D eigenvalue weighted by molar-refractivity contribution is -0.129. The van der Waals surface area contributed by atoms with E-state index in [9.17, 15) is 14.4 Å². The molecule has 0 atom stereocenters. The lowest BCUT2D eigenvalue weighted by Crippen LogP contribution is -2.49. The van der Waals surface area contributed by atoms with Gasteiger partial charge in [0.1, 0.15) is 0 Å². The third-order valence-electron chi connectivity index (χ3n) is 5.07. The molecule has 1 aromatic carbocycles. The van der Waals surface area contributed by atoms with Gasteiger partial charge in [-0.2, -0.15) is 0 Å². The number of piperazine rings is 1. The van der Waals surface area contributed by atoms with Gasteiger partial charge in [-0.3, -0.25) is 19.8 Å². The van der Waals surface area contributed by atoms with Gasteiger partial charge >= 0.3 is 6.03 Å². The van der Waals surface area contributed by atoms with Gasteiger partial charge in [0.25, 0.3) is 0 Å². The minimum atomic E-state index is -0.382. The van der Waals surface area contributed by atoms with Gasteiger partial charge in [0.15, 0.2) is 0 Å². The zero-order valence-corrected chi connectivity index (χ0v) is 14.6. The molecular formula is C18H21N5O3. The summed E-state index contributed by atoms with van der Waals surface area (Å²) in [5, 5.41) is 3.39. The molecule has 2 aliphatic heterocycles. The zero-order chi connectivity index (χ0) is 18.3. The quantitative estimate of drug-likeness (QED) is 0.849. The molecule has 3 heterocycles. The van der Waals surface area contributed by atoms with Gasteiger partial charge in [-0.25, -0.2) is 4.79 Å². The van der Waals surface area contributed by atoms with Gasteiger partial charge in [0, 0.05) is 68.9 Å². The highest BCUT2D eigenvalue weighted by Gasteiger charge is 2.25. The Morgan fingerprint density at radius 1 is 1.08 bits per heavy atom. The Labute approximate surface area is 150 Å². The van der Waals surface area contributed by atoms with E-state index < -0.39 is 0 Å². The molecule has 4 amide bonds. The number of nitrogens with one attached hydrogen (secondary N) is 2. The predicted molar refractivity (Wildman–Crippen MR) is 98.3 cm³/mol. The molecular weight excluding hydrogens is 334 g/mol. The molecule has 8 heteroatoms. The van der Waals surface area contributed by atoms with Crippen molar-refractivity contribution in [2.24, 2.45) is 0 Å². The van der Waals surface area contributed by atoms with Crippen LogP contribution >= 0.6 is 0 Å². The van der Waals surface area contributed by atoms with E-state index in [1.54, 1.807) is 11.8 Å². The number of aromatic amines is 1. The van der Waals surface area contributed by atoms with Crippen molar-refractivity contribution >= 4 is 40.1 Å². The van der Waals surface area contributed by atoms with Crippen LogP contribution in [-0.4, -0.2) is 60.5 Å². The lowest BCUT2D eigenvalue weighted by Gasteiger charge is -2.35. The number of amides is 4. The van der Waals surface area contributed by atoms with E-state index in [1.165, 1.54) is 0 Å². The van der Waals surface area contributed by atoms with E-state index in [0.29, 0.717) is 26.1 Å². The molecule has 0 saturated carbocycles. The molecule has 136 valence electrons. The fraction of sp³-hybridized carbons (Fsp3) is 0.389. The summed E-state index contributed by atoms with van der Waals surface area (Å²) in [4.78, 5) is 43.9. The lowest BCUT2D eigenvalue weighted by atomic mass is 10.1. The smallest absolute Gasteiger partial charge is 0.328 e. The summed E-state index contributed by atoms with van der Waals surface area (Å²) in [5.74, 6) is -0.130. The van der Waals surface area contributed by atoms with Crippen LogP contribution in [0.15, 0.2) is 24.4 Å². The number of urea groups is 1. The highest BCUT2D eigenvalue weighted by molar-refractivity contribution is 6.07. The minimum Gasteiger partial charge on any atom is -0.366 e. The van der Waals surface area contributed by atoms with Crippen LogP contribution < -0.4 is 15.1 Å². The summed E-state index contributed by atoms with van der Waals surface area (Å²) in [6, 6.07) is 5.43. The third kappa shape index (κ3) is 2.87. The summed E-state index contributed by atoms with van der Waals surface area (Å²) in [7, 11) is 0. The monoisotopic (exact) mass is 355 g/mol. The normalized spacial score (nSPS) is 18.4. The number of carbonyl (C=O) groups is 3. The Bertz CT molecular complexity index is 882. The summed E-state index contributed by atoms with van der Waals surface area (Å²) < 4.78 is 0. The Morgan fingerprint density at radius 2 is 1.85 bits per heavy atom. The van der Waals surface area contributed by atoms with Crippen molar-refractivity contribution in [3.63, 3.8) is 0 Å². The number of nitrogens with zero attached hydrogens (tertiary/aromatic N) is 3. The molecule has 2 aromatic rings. The number of rotatable bonds is 2. The van der Waals surface area contributed by atoms with Gasteiger partial charge in [0.2, 0.25) is 11.8 Å². The van der Waals surface area contributed by atoms with Crippen molar-refractivity contribution in [3.05, 3.63) is 24.4 Å². The molecule has 2 N–H and O–H groups in total. The standard InChI is InChI=1S/C18H21N5O3/c1-12(24)21-6-8-22(9-7-21)16-11-19-15-3-2-13(10-14(15)16)23-5-4-17(25)20-18(23)26/h2-3,10-11,19H,4-9H2,1H3,(H,20,25,26). The molecule has 0 unspecified atom stereocenters. The molecule has 2 aliphatic rings. The fourth-order valence-corrected chi connectivity index (χ4v) is 3.60. The summed E-state index contributed by atoms with van der Waals surface area (Å²) in [5.41, 5.74) is 2.83. The Hall–Kier alpha value is -3.03. The van der Waals surface area contributed by atoms with Crippen LogP contribution in [0.4, 0.5) is 16.2 Å². The van der Waals surface area contributed by atoms with Crippen molar-refractivity contribution in [3.8, 4) is 0 Å². The number of fused-ring (bicyclic) bond motifs is 1. The highest BCUT2D eigenvalue weighted by Crippen LogP contribution is 2.31. The van der Waals surface area contributed by atoms with E-state index in [1.807, 2.05) is 29.3 Å². The second kappa shape index (κ2) is 6.36. The number of hydrogen-bond acceptors (Lipinski definition) is 4. The van der Waals surface area contributed by atoms with Crippen LogP contribution in [0, 0.1) is 0 Å². The van der Waals surface area contributed by atoms with Crippen LogP contribution in [0.2, 0.25) is 0 Å². The Balaban J connectivity index is 1.60. The maximum absolute atomic E-state index is 12.1. The van der Waals surface area contributed by atoms with Gasteiger partial charge in [-0.05, 0) is 18.2 Å². The predicted octanol–water partition coefficient (Wildman–Crippen LogP) is 1.28. The molecule has 2 saturated heterocycles. The van der Waals surface area contributed by atoms with Crippen molar-refractivity contribution in [1.82, 2.24) is 15.2 Å². The second-order valence-corrected chi connectivity index (χ2v) is 6.65.